The molecule has 0 amide bonds. The molecule has 0 saturated carbocycles. The third kappa shape index (κ3) is 2.97. The van der Waals surface area contributed by atoms with Gasteiger partial charge in [-0.15, -0.1) is 0 Å². The Morgan fingerprint density at radius 2 is 2.04 bits per heavy atom. The summed E-state index contributed by atoms with van der Waals surface area (Å²) in [6, 6.07) is 16.7. The van der Waals surface area contributed by atoms with Gasteiger partial charge in [0.15, 0.2) is 6.23 Å². The zero-order chi connectivity index (χ0) is 17.4. The number of methoxy groups -OCH3 is 1. The molecule has 2 aliphatic rings. The molecule has 2 atom stereocenters. The molecule has 2 heterocycles. The summed E-state index contributed by atoms with van der Waals surface area (Å²) in [5, 5.41) is 7.12. The van der Waals surface area contributed by atoms with Crippen molar-refractivity contribution in [1.82, 2.24) is 5.01 Å². The normalized spacial score (nSPS) is 21.4. The van der Waals surface area contributed by atoms with E-state index in [1.165, 1.54) is 5.56 Å². The molecular formula is C21H24N2O2. The van der Waals surface area contributed by atoms with E-state index in [-0.39, 0.29) is 12.3 Å². The average Bonchev–Trinajstić information content (AvgIpc) is 3.07. The molecule has 25 heavy (non-hydrogen) atoms. The Balaban J connectivity index is 1.70. The summed E-state index contributed by atoms with van der Waals surface area (Å²) < 4.78 is 11.6. The lowest BCUT2D eigenvalue weighted by Crippen LogP contribution is -2.41. The molecule has 2 aromatic rings. The lowest BCUT2D eigenvalue weighted by atomic mass is 9.95. The van der Waals surface area contributed by atoms with Gasteiger partial charge in [0.2, 0.25) is 0 Å². The molecule has 4 rings (SSSR count). The van der Waals surface area contributed by atoms with Crippen LogP contribution >= 0.6 is 0 Å². The summed E-state index contributed by atoms with van der Waals surface area (Å²) in [6.07, 6.45) is 1.84. The van der Waals surface area contributed by atoms with Crippen LogP contribution in [0, 0.1) is 5.92 Å². The van der Waals surface area contributed by atoms with Crippen molar-refractivity contribution in [3.05, 3.63) is 59.7 Å². The van der Waals surface area contributed by atoms with Crippen LogP contribution in [-0.4, -0.2) is 24.1 Å². The third-order valence-corrected chi connectivity index (χ3v) is 4.85. The predicted molar refractivity (Wildman–Crippen MR) is 99.0 cm³/mol. The summed E-state index contributed by atoms with van der Waals surface area (Å²) >= 11 is 0. The lowest BCUT2D eigenvalue weighted by Gasteiger charge is -2.38. The number of rotatable bonds is 4. The largest absolute Gasteiger partial charge is 0.497 e. The molecule has 0 spiro atoms. The lowest BCUT2D eigenvalue weighted by molar-refractivity contribution is -0.0291. The Hall–Kier alpha value is -2.49. The molecular weight excluding hydrogens is 312 g/mol. The topological polar surface area (TPSA) is 34.1 Å². The van der Waals surface area contributed by atoms with Crippen LogP contribution in [0.2, 0.25) is 0 Å². The molecule has 0 fully saturated rings. The van der Waals surface area contributed by atoms with Gasteiger partial charge in [0.1, 0.15) is 11.5 Å². The van der Waals surface area contributed by atoms with Crippen molar-refractivity contribution in [1.29, 1.82) is 0 Å². The van der Waals surface area contributed by atoms with E-state index in [0.29, 0.717) is 5.92 Å². The highest BCUT2D eigenvalue weighted by molar-refractivity contribution is 6.02. The zero-order valence-corrected chi connectivity index (χ0v) is 15.0. The molecule has 0 aliphatic carbocycles. The Kier molecular flexibility index (Phi) is 4.12. The van der Waals surface area contributed by atoms with Gasteiger partial charge in [-0.3, -0.25) is 5.01 Å². The van der Waals surface area contributed by atoms with Crippen LogP contribution < -0.4 is 9.47 Å². The van der Waals surface area contributed by atoms with Crippen molar-refractivity contribution in [3.63, 3.8) is 0 Å². The predicted octanol–water partition coefficient (Wildman–Crippen LogP) is 4.61. The van der Waals surface area contributed by atoms with Crippen molar-refractivity contribution in [2.75, 3.05) is 7.11 Å². The van der Waals surface area contributed by atoms with Gasteiger partial charge in [0, 0.05) is 24.0 Å². The number of benzene rings is 2. The first-order valence-electron chi connectivity index (χ1n) is 8.91. The minimum absolute atomic E-state index is 0.0111. The average molecular weight is 336 g/mol. The second kappa shape index (κ2) is 6.43. The third-order valence-electron chi connectivity index (χ3n) is 4.85. The van der Waals surface area contributed by atoms with Crippen molar-refractivity contribution in [2.24, 2.45) is 11.0 Å². The minimum Gasteiger partial charge on any atom is -0.497 e. The molecule has 0 aromatic heterocycles. The molecule has 2 aromatic carbocycles. The van der Waals surface area contributed by atoms with Crippen LogP contribution in [-0.2, 0) is 0 Å². The molecule has 4 nitrogen and oxygen atoms in total. The Morgan fingerprint density at radius 1 is 1.20 bits per heavy atom. The fourth-order valence-corrected chi connectivity index (χ4v) is 3.65. The molecule has 0 saturated heterocycles. The molecule has 130 valence electrons. The van der Waals surface area contributed by atoms with Crippen LogP contribution in [0.25, 0.3) is 0 Å². The first-order chi connectivity index (χ1) is 12.2. The van der Waals surface area contributed by atoms with Crippen LogP contribution in [0.3, 0.4) is 0 Å². The van der Waals surface area contributed by atoms with Crippen LogP contribution in [0.15, 0.2) is 53.6 Å². The highest BCUT2D eigenvalue weighted by Gasteiger charge is 2.40. The second-order valence-corrected chi connectivity index (χ2v) is 7.12. The fourth-order valence-electron chi connectivity index (χ4n) is 3.65. The standard InChI is InChI=1S/C21H24N2O2/c1-14(2)11-21-23-19(17-9-4-5-10-20(17)25-21)13-18(22-23)15-7-6-8-16(12-15)24-3/h4-10,12,14,19,21H,11,13H2,1-3H3/t19-,21-/m0/s1. The van der Waals surface area contributed by atoms with Gasteiger partial charge in [0.05, 0.1) is 18.9 Å². The Morgan fingerprint density at radius 3 is 2.84 bits per heavy atom. The number of hydrogen-bond donors (Lipinski definition) is 0. The van der Waals surface area contributed by atoms with Gasteiger partial charge in [0.25, 0.3) is 0 Å². The number of ether oxygens (including phenoxy) is 2. The molecule has 0 bridgehead atoms. The highest BCUT2D eigenvalue weighted by atomic mass is 16.5. The van der Waals surface area contributed by atoms with E-state index in [4.69, 9.17) is 14.6 Å². The molecule has 4 heteroatoms. The molecule has 0 N–H and O–H groups in total. The van der Waals surface area contributed by atoms with Crippen molar-refractivity contribution in [2.45, 2.75) is 39.0 Å². The van der Waals surface area contributed by atoms with E-state index < -0.39 is 0 Å². The number of nitrogens with zero attached hydrogens (tertiary/aromatic N) is 2. The van der Waals surface area contributed by atoms with Crippen molar-refractivity contribution < 1.29 is 9.47 Å². The Bertz CT molecular complexity index is 800. The summed E-state index contributed by atoms with van der Waals surface area (Å²) in [5.74, 6) is 2.41. The molecule has 0 radical (unpaired) electrons. The maximum atomic E-state index is 6.28. The summed E-state index contributed by atoms with van der Waals surface area (Å²) in [7, 11) is 1.70. The van der Waals surface area contributed by atoms with E-state index in [1.807, 2.05) is 18.2 Å². The van der Waals surface area contributed by atoms with E-state index in [1.54, 1.807) is 7.11 Å². The number of fused-ring (bicyclic) bond motifs is 3. The Labute approximate surface area is 149 Å². The quantitative estimate of drug-likeness (QED) is 0.817. The minimum atomic E-state index is -0.0111. The van der Waals surface area contributed by atoms with Gasteiger partial charge in [-0.05, 0) is 24.1 Å². The monoisotopic (exact) mass is 336 g/mol. The van der Waals surface area contributed by atoms with Crippen LogP contribution in [0.5, 0.6) is 11.5 Å². The summed E-state index contributed by atoms with van der Waals surface area (Å²) in [5.41, 5.74) is 3.44. The SMILES string of the molecule is COc1cccc(C2=NN3[C@H](CC(C)C)Oc4ccccc4[C@@H]3C2)c1. The van der Waals surface area contributed by atoms with Gasteiger partial charge in [-0.1, -0.05) is 44.2 Å². The van der Waals surface area contributed by atoms with Gasteiger partial charge >= 0.3 is 0 Å². The molecule has 2 aliphatic heterocycles. The van der Waals surface area contributed by atoms with Gasteiger partial charge in [-0.2, -0.15) is 5.10 Å². The van der Waals surface area contributed by atoms with Crippen LogP contribution in [0.1, 0.15) is 43.9 Å². The summed E-state index contributed by atoms with van der Waals surface area (Å²) in [4.78, 5) is 0. The smallest absolute Gasteiger partial charge is 0.188 e. The van der Waals surface area contributed by atoms with Gasteiger partial charge in [-0.25, -0.2) is 0 Å². The number of hydrazone groups is 1. The zero-order valence-electron chi connectivity index (χ0n) is 15.0. The second-order valence-electron chi connectivity index (χ2n) is 7.12. The van der Waals surface area contributed by atoms with E-state index >= 15 is 0 Å². The first kappa shape index (κ1) is 16.0. The highest BCUT2D eigenvalue weighted by Crippen LogP contribution is 2.44. The van der Waals surface area contributed by atoms with E-state index in [0.717, 1.165) is 35.6 Å². The molecule has 0 unspecified atom stereocenters. The maximum absolute atomic E-state index is 6.28. The maximum Gasteiger partial charge on any atom is 0.188 e. The fraction of sp³-hybridized carbons (Fsp3) is 0.381. The first-order valence-corrected chi connectivity index (χ1v) is 8.91. The van der Waals surface area contributed by atoms with E-state index in [9.17, 15) is 0 Å². The van der Waals surface area contributed by atoms with Crippen molar-refractivity contribution in [3.8, 4) is 11.5 Å². The van der Waals surface area contributed by atoms with Gasteiger partial charge < -0.3 is 9.47 Å². The van der Waals surface area contributed by atoms with E-state index in [2.05, 4.69) is 49.2 Å². The van der Waals surface area contributed by atoms with Crippen molar-refractivity contribution >= 4 is 5.71 Å². The summed E-state index contributed by atoms with van der Waals surface area (Å²) in [6.45, 7) is 4.45. The van der Waals surface area contributed by atoms with Crippen LogP contribution in [0.4, 0.5) is 0 Å². The number of hydrogen-bond acceptors (Lipinski definition) is 4. The number of para-hydroxylation sites is 1.